The maximum Gasteiger partial charge on any atom is 0.251 e. The fourth-order valence-electron chi connectivity index (χ4n) is 2.95. The molecule has 1 fully saturated rings. The molecule has 2 aliphatic rings. The minimum atomic E-state index is -0.0733. The van der Waals surface area contributed by atoms with Gasteiger partial charge >= 0.3 is 0 Å². The smallest absolute Gasteiger partial charge is 0.251 e. The van der Waals surface area contributed by atoms with Gasteiger partial charge in [0, 0.05) is 31.6 Å². The highest BCUT2D eigenvalue weighted by Crippen LogP contribution is 2.28. The van der Waals surface area contributed by atoms with Crippen LogP contribution in [0.15, 0.2) is 18.2 Å². The van der Waals surface area contributed by atoms with Crippen LogP contribution in [-0.2, 0) is 4.79 Å². The average Bonchev–Trinajstić information content (AvgIpc) is 2.67. The van der Waals surface area contributed by atoms with Gasteiger partial charge in [-0.3, -0.25) is 9.59 Å². The van der Waals surface area contributed by atoms with E-state index >= 15 is 0 Å². The first kappa shape index (κ1) is 14.8. The lowest BCUT2D eigenvalue weighted by molar-refractivity contribution is -0.115. The van der Waals surface area contributed by atoms with E-state index in [-0.39, 0.29) is 17.9 Å². The predicted octanol–water partition coefficient (Wildman–Crippen LogP) is 0.947. The van der Waals surface area contributed by atoms with Crippen molar-refractivity contribution in [2.75, 3.05) is 36.9 Å². The van der Waals surface area contributed by atoms with E-state index in [1.165, 1.54) is 0 Å². The number of fused-ring (bicyclic) bond motifs is 1. The van der Waals surface area contributed by atoms with Crippen molar-refractivity contribution < 1.29 is 9.59 Å². The molecule has 2 heterocycles. The summed E-state index contributed by atoms with van der Waals surface area (Å²) in [5.74, 6) is -0.0858. The molecular formula is C16H22N4O2. The monoisotopic (exact) mass is 302 g/mol. The minimum absolute atomic E-state index is 0.0125. The summed E-state index contributed by atoms with van der Waals surface area (Å²) in [5, 5.41) is 9.24. The minimum Gasteiger partial charge on any atom is -0.372 e. The van der Waals surface area contributed by atoms with Gasteiger partial charge in [-0.25, -0.2) is 0 Å². The molecule has 1 aromatic rings. The normalized spacial score (nSPS) is 19.1. The Bertz CT molecular complexity index is 582. The fourth-order valence-corrected chi connectivity index (χ4v) is 2.95. The van der Waals surface area contributed by atoms with Crippen molar-refractivity contribution in [2.45, 2.75) is 25.3 Å². The number of hydrogen-bond donors (Lipinski definition) is 3. The Hall–Kier alpha value is -2.08. The zero-order chi connectivity index (χ0) is 15.5. The number of nitrogens with one attached hydrogen (secondary N) is 3. The number of amides is 2. The number of benzene rings is 1. The molecule has 3 rings (SSSR count). The highest BCUT2D eigenvalue weighted by Gasteiger charge is 2.20. The molecule has 6 heteroatoms. The van der Waals surface area contributed by atoms with Crippen molar-refractivity contribution in [1.29, 1.82) is 0 Å². The highest BCUT2D eigenvalue weighted by molar-refractivity contribution is 6.01. The van der Waals surface area contributed by atoms with Crippen LogP contribution in [0.25, 0.3) is 0 Å². The maximum atomic E-state index is 12.4. The summed E-state index contributed by atoms with van der Waals surface area (Å²) in [6.45, 7) is 2.56. The third kappa shape index (κ3) is 3.22. The van der Waals surface area contributed by atoms with E-state index in [4.69, 9.17) is 0 Å². The molecule has 0 bridgehead atoms. The van der Waals surface area contributed by atoms with E-state index in [1.54, 1.807) is 6.07 Å². The molecule has 0 spiro atoms. The molecule has 0 unspecified atom stereocenters. The van der Waals surface area contributed by atoms with Crippen LogP contribution in [0.4, 0.5) is 11.4 Å². The van der Waals surface area contributed by atoms with Crippen molar-refractivity contribution in [2.24, 2.45) is 0 Å². The topological polar surface area (TPSA) is 73.5 Å². The Morgan fingerprint density at radius 1 is 1.32 bits per heavy atom. The Morgan fingerprint density at radius 3 is 2.86 bits per heavy atom. The Labute approximate surface area is 130 Å². The van der Waals surface area contributed by atoms with Crippen LogP contribution in [-0.4, -0.2) is 44.5 Å². The van der Waals surface area contributed by atoms with Gasteiger partial charge in [0.15, 0.2) is 0 Å². The number of carbonyl (C=O) groups excluding carboxylic acids is 2. The van der Waals surface area contributed by atoms with Crippen LogP contribution in [0.3, 0.4) is 0 Å². The zero-order valence-electron chi connectivity index (χ0n) is 12.8. The first-order chi connectivity index (χ1) is 10.6. The van der Waals surface area contributed by atoms with E-state index < -0.39 is 0 Å². The number of hydrogen-bond acceptors (Lipinski definition) is 4. The molecular weight excluding hydrogens is 280 g/mol. The highest BCUT2D eigenvalue weighted by atomic mass is 16.2. The average molecular weight is 302 g/mol. The molecule has 1 saturated heterocycles. The van der Waals surface area contributed by atoms with Gasteiger partial charge in [0.05, 0.1) is 11.4 Å². The van der Waals surface area contributed by atoms with Crippen LogP contribution in [0.5, 0.6) is 0 Å². The van der Waals surface area contributed by atoms with Gasteiger partial charge in [0.25, 0.3) is 5.91 Å². The number of rotatable bonds is 2. The summed E-state index contributed by atoms with van der Waals surface area (Å²) >= 11 is 0. The van der Waals surface area contributed by atoms with E-state index in [9.17, 15) is 9.59 Å². The van der Waals surface area contributed by atoms with Crippen LogP contribution in [0.2, 0.25) is 0 Å². The molecule has 118 valence electrons. The second kappa shape index (κ2) is 6.36. The lowest BCUT2D eigenvalue weighted by atomic mass is 10.1. The second-order valence-electron chi connectivity index (χ2n) is 5.95. The summed E-state index contributed by atoms with van der Waals surface area (Å²) in [4.78, 5) is 26.2. The van der Waals surface area contributed by atoms with Crippen molar-refractivity contribution in [3.63, 3.8) is 0 Å². The maximum absolute atomic E-state index is 12.4. The van der Waals surface area contributed by atoms with Gasteiger partial charge in [-0.15, -0.1) is 0 Å². The Balaban J connectivity index is 1.77. The third-order valence-corrected chi connectivity index (χ3v) is 4.29. The molecule has 2 aliphatic heterocycles. The molecule has 0 saturated carbocycles. The molecule has 0 aliphatic carbocycles. The molecule has 22 heavy (non-hydrogen) atoms. The predicted molar refractivity (Wildman–Crippen MR) is 86.3 cm³/mol. The lowest BCUT2D eigenvalue weighted by Crippen LogP contribution is -2.42. The summed E-state index contributed by atoms with van der Waals surface area (Å²) in [6.07, 6.45) is 2.37. The fraction of sp³-hybridized carbons (Fsp3) is 0.500. The Kier molecular flexibility index (Phi) is 4.29. The summed E-state index contributed by atoms with van der Waals surface area (Å²) in [5.41, 5.74) is 2.25. The lowest BCUT2D eigenvalue weighted by Gasteiger charge is -2.24. The summed E-state index contributed by atoms with van der Waals surface area (Å²) < 4.78 is 0. The van der Waals surface area contributed by atoms with Crippen LogP contribution in [0.1, 0.15) is 29.6 Å². The van der Waals surface area contributed by atoms with Gasteiger partial charge < -0.3 is 20.9 Å². The van der Waals surface area contributed by atoms with Gasteiger partial charge in [0.2, 0.25) is 5.91 Å². The van der Waals surface area contributed by atoms with E-state index in [0.717, 1.165) is 31.6 Å². The summed E-state index contributed by atoms with van der Waals surface area (Å²) in [6, 6.07) is 5.72. The van der Waals surface area contributed by atoms with Crippen LogP contribution in [0, 0.1) is 0 Å². The number of piperidine rings is 1. The van der Waals surface area contributed by atoms with Gasteiger partial charge in [-0.1, -0.05) is 0 Å². The third-order valence-electron chi connectivity index (χ3n) is 4.29. The standard InChI is InChI=1S/C16H22N4O2/c1-20-9-6-15(21)19-13-10-11(2-3-14(13)20)16(22)18-12-4-7-17-8-5-12/h2-3,10,12,17H,4-9H2,1H3,(H,18,22)(H,19,21). The quantitative estimate of drug-likeness (QED) is 0.760. The molecule has 3 N–H and O–H groups in total. The Morgan fingerprint density at radius 2 is 2.09 bits per heavy atom. The molecule has 0 atom stereocenters. The van der Waals surface area contributed by atoms with E-state index in [1.807, 2.05) is 24.1 Å². The van der Waals surface area contributed by atoms with Crippen molar-refractivity contribution in [1.82, 2.24) is 10.6 Å². The van der Waals surface area contributed by atoms with Crippen LogP contribution >= 0.6 is 0 Å². The molecule has 0 radical (unpaired) electrons. The van der Waals surface area contributed by atoms with Gasteiger partial charge in [0.1, 0.15) is 0 Å². The van der Waals surface area contributed by atoms with Crippen molar-refractivity contribution in [3.05, 3.63) is 23.8 Å². The number of carbonyl (C=O) groups is 2. The first-order valence-electron chi connectivity index (χ1n) is 7.80. The first-order valence-corrected chi connectivity index (χ1v) is 7.80. The zero-order valence-corrected chi connectivity index (χ0v) is 12.8. The van der Waals surface area contributed by atoms with Gasteiger partial charge in [-0.2, -0.15) is 0 Å². The molecule has 2 amide bonds. The number of anilines is 2. The second-order valence-corrected chi connectivity index (χ2v) is 5.95. The van der Waals surface area contributed by atoms with Crippen molar-refractivity contribution >= 4 is 23.2 Å². The van der Waals surface area contributed by atoms with Crippen molar-refractivity contribution in [3.8, 4) is 0 Å². The molecule has 1 aromatic carbocycles. The van der Waals surface area contributed by atoms with Crippen LogP contribution < -0.4 is 20.9 Å². The SMILES string of the molecule is CN1CCC(=O)Nc2cc(C(=O)NC3CCNCC3)ccc21. The van der Waals surface area contributed by atoms with E-state index in [0.29, 0.717) is 24.2 Å². The summed E-state index contributed by atoms with van der Waals surface area (Å²) in [7, 11) is 1.95. The largest absolute Gasteiger partial charge is 0.372 e. The number of nitrogens with zero attached hydrogens (tertiary/aromatic N) is 1. The molecule has 6 nitrogen and oxygen atoms in total. The van der Waals surface area contributed by atoms with E-state index in [2.05, 4.69) is 16.0 Å². The molecule has 0 aromatic heterocycles. The van der Waals surface area contributed by atoms with Gasteiger partial charge in [-0.05, 0) is 44.1 Å².